The molecule has 1 fully saturated rings. The Bertz CT molecular complexity index is 454. The second-order valence-electron chi connectivity index (χ2n) is 5.08. The molecule has 1 aliphatic rings. The Morgan fingerprint density at radius 3 is 2.27 bits per heavy atom. The smallest absolute Gasteiger partial charge is 0.229 e. The molecule has 0 radical (unpaired) electrons. The lowest BCUT2D eigenvalue weighted by Crippen LogP contribution is -2.61. The van der Waals surface area contributed by atoms with Crippen LogP contribution in [0.3, 0.4) is 0 Å². The summed E-state index contributed by atoms with van der Waals surface area (Å²) in [5, 5.41) is 10.4. The van der Waals surface area contributed by atoms with Gasteiger partial charge in [-0.15, -0.1) is 0 Å². The molecule has 3 N–H and O–H groups in total. The number of aliphatic hydroxyl groups excluding tert-OH is 1. The second kappa shape index (κ2) is 7.75. The molecule has 0 aliphatic carbocycles. The first-order chi connectivity index (χ1) is 10.6. The van der Waals surface area contributed by atoms with Crippen molar-refractivity contribution in [3.63, 3.8) is 0 Å². The van der Waals surface area contributed by atoms with E-state index in [9.17, 15) is 5.11 Å². The van der Waals surface area contributed by atoms with Gasteiger partial charge in [-0.25, -0.2) is 0 Å². The molecule has 0 spiro atoms. The van der Waals surface area contributed by atoms with Crippen LogP contribution in [0.5, 0.6) is 5.75 Å². The number of rotatable bonds is 6. The quantitative estimate of drug-likeness (QED) is 0.735. The summed E-state index contributed by atoms with van der Waals surface area (Å²) in [5.41, 5.74) is 6.27. The zero-order chi connectivity index (χ0) is 16.1. The third-order valence-electron chi connectivity index (χ3n) is 3.62. The van der Waals surface area contributed by atoms with Crippen LogP contribution in [0.1, 0.15) is 0 Å². The predicted molar refractivity (Wildman–Crippen MR) is 79.6 cm³/mol. The first-order valence-electron chi connectivity index (χ1n) is 7.01. The van der Waals surface area contributed by atoms with E-state index in [2.05, 4.69) is 0 Å². The molecule has 0 unspecified atom stereocenters. The summed E-state index contributed by atoms with van der Waals surface area (Å²) in [6.07, 6.45) is -3.34. The molecule has 1 saturated heterocycles. The molecular weight excluding hydrogens is 290 g/mol. The van der Waals surface area contributed by atoms with Crippen LogP contribution < -0.4 is 10.5 Å². The molecular formula is C15H23NO6. The van der Waals surface area contributed by atoms with Gasteiger partial charge in [0.2, 0.25) is 6.29 Å². The minimum absolute atomic E-state index is 0.298. The maximum absolute atomic E-state index is 10.4. The van der Waals surface area contributed by atoms with E-state index >= 15 is 0 Å². The van der Waals surface area contributed by atoms with Gasteiger partial charge in [0, 0.05) is 27.0 Å². The molecule has 5 atom stereocenters. The molecule has 7 heteroatoms. The highest BCUT2D eigenvalue weighted by Gasteiger charge is 2.47. The first-order valence-corrected chi connectivity index (χ1v) is 7.01. The van der Waals surface area contributed by atoms with Gasteiger partial charge in [0.15, 0.2) is 0 Å². The average Bonchev–Trinajstić information content (AvgIpc) is 2.52. The van der Waals surface area contributed by atoms with Gasteiger partial charge in [0.25, 0.3) is 0 Å². The Morgan fingerprint density at radius 2 is 1.73 bits per heavy atom. The van der Waals surface area contributed by atoms with Crippen LogP contribution in [0.25, 0.3) is 0 Å². The standard InChI is InChI=1S/C15H23NO6/c1-18-8-11-13(19-2)14(20-3)12(17)15(22-11)21-10-6-4-9(16)5-7-10/h4-7,11-15,17H,8,16H2,1-3H3/t11-,12-,13+,14-,15+/m1/s1. The Morgan fingerprint density at radius 1 is 1.09 bits per heavy atom. The van der Waals surface area contributed by atoms with Gasteiger partial charge in [0.05, 0.1) is 6.61 Å². The van der Waals surface area contributed by atoms with E-state index in [4.69, 9.17) is 29.4 Å². The second-order valence-corrected chi connectivity index (χ2v) is 5.08. The highest BCUT2D eigenvalue weighted by molar-refractivity contribution is 5.41. The lowest BCUT2D eigenvalue weighted by molar-refractivity contribution is -0.287. The summed E-state index contributed by atoms with van der Waals surface area (Å²) in [7, 11) is 4.62. The Hall–Kier alpha value is -1.38. The zero-order valence-electron chi connectivity index (χ0n) is 13.0. The van der Waals surface area contributed by atoms with Crippen LogP contribution in [0.15, 0.2) is 24.3 Å². The van der Waals surface area contributed by atoms with Crippen LogP contribution in [0.4, 0.5) is 5.69 Å². The summed E-state index contributed by atoms with van der Waals surface area (Å²) in [6.45, 7) is 0.298. The van der Waals surface area contributed by atoms with Gasteiger partial charge in [-0.1, -0.05) is 0 Å². The predicted octanol–water partition coefficient (Wildman–Crippen LogP) is 0.410. The van der Waals surface area contributed by atoms with E-state index < -0.39 is 30.7 Å². The van der Waals surface area contributed by atoms with Gasteiger partial charge >= 0.3 is 0 Å². The van der Waals surface area contributed by atoms with Crippen molar-refractivity contribution in [3.8, 4) is 5.75 Å². The van der Waals surface area contributed by atoms with Crippen molar-refractivity contribution in [3.05, 3.63) is 24.3 Å². The zero-order valence-corrected chi connectivity index (χ0v) is 13.0. The molecule has 2 rings (SSSR count). The van der Waals surface area contributed by atoms with Crippen molar-refractivity contribution < 1.29 is 28.8 Å². The van der Waals surface area contributed by atoms with Crippen LogP contribution in [-0.2, 0) is 18.9 Å². The molecule has 124 valence electrons. The third kappa shape index (κ3) is 3.68. The Balaban J connectivity index is 2.14. The lowest BCUT2D eigenvalue weighted by atomic mass is 9.98. The summed E-state index contributed by atoms with van der Waals surface area (Å²) in [6, 6.07) is 6.84. The van der Waals surface area contributed by atoms with Gasteiger partial charge in [-0.05, 0) is 24.3 Å². The summed E-state index contributed by atoms with van der Waals surface area (Å²) in [4.78, 5) is 0. The van der Waals surface area contributed by atoms with Crippen LogP contribution in [0.2, 0.25) is 0 Å². The van der Waals surface area contributed by atoms with Crippen molar-refractivity contribution in [2.24, 2.45) is 0 Å². The minimum Gasteiger partial charge on any atom is -0.462 e. The van der Waals surface area contributed by atoms with E-state index in [1.54, 1.807) is 31.4 Å². The van der Waals surface area contributed by atoms with E-state index in [0.29, 0.717) is 18.0 Å². The monoisotopic (exact) mass is 313 g/mol. The Kier molecular flexibility index (Phi) is 5.98. The van der Waals surface area contributed by atoms with E-state index in [1.807, 2.05) is 0 Å². The van der Waals surface area contributed by atoms with Crippen LogP contribution >= 0.6 is 0 Å². The molecule has 7 nitrogen and oxygen atoms in total. The van der Waals surface area contributed by atoms with Crippen molar-refractivity contribution in [2.75, 3.05) is 33.7 Å². The fourth-order valence-electron chi connectivity index (χ4n) is 2.53. The number of nitrogen functional groups attached to an aromatic ring is 1. The minimum atomic E-state index is -0.999. The summed E-state index contributed by atoms with van der Waals surface area (Å²) < 4.78 is 27.4. The fourth-order valence-corrected chi connectivity index (χ4v) is 2.53. The summed E-state index contributed by atoms with van der Waals surface area (Å²) >= 11 is 0. The number of hydrogen-bond donors (Lipinski definition) is 2. The number of benzene rings is 1. The molecule has 0 bridgehead atoms. The highest BCUT2D eigenvalue weighted by atomic mass is 16.7. The normalized spacial score (nSPS) is 31.9. The molecule has 1 aromatic carbocycles. The fraction of sp³-hybridized carbons (Fsp3) is 0.600. The van der Waals surface area contributed by atoms with Crippen LogP contribution in [-0.4, -0.2) is 63.7 Å². The van der Waals surface area contributed by atoms with Gasteiger partial charge in [-0.3, -0.25) is 0 Å². The van der Waals surface area contributed by atoms with E-state index in [-0.39, 0.29) is 0 Å². The number of aliphatic hydroxyl groups is 1. The van der Waals surface area contributed by atoms with Crippen molar-refractivity contribution in [1.29, 1.82) is 0 Å². The molecule has 1 aliphatic heterocycles. The number of ether oxygens (including phenoxy) is 5. The lowest BCUT2D eigenvalue weighted by Gasteiger charge is -2.42. The van der Waals surface area contributed by atoms with Crippen molar-refractivity contribution in [2.45, 2.75) is 30.7 Å². The number of methoxy groups -OCH3 is 3. The number of hydrogen-bond acceptors (Lipinski definition) is 7. The maximum Gasteiger partial charge on any atom is 0.229 e. The van der Waals surface area contributed by atoms with Gasteiger partial charge in [-0.2, -0.15) is 0 Å². The Labute approximate surface area is 129 Å². The SMILES string of the molecule is COC[C@H]1O[C@H](Oc2ccc(N)cc2)[C@H](O)[C@@H](OC)[C@H]1OC. The molecule has 1 heterocycles. The third-order valence-corrected chi connectivity index (χ3v) is 3.62. The topological polar surface area (TPSA) is 92.4 Å². The van der Waals surface area contributed by atoms with Crippen LogP contribution in [0, 0.1) is 0 Å². The first kappa shape index (κ1) is 17.0. The average molecular weight is 313 g/mol. The number of nitrogens with two attached hydrogens (primary N) is 1. The molecule has 0 amide bonds. The van der Waals surface area contributed by atoms with Crippen molar-refractivity contribution in [1.82, 2.24) is 0 Å². The molecule has 0 aromatic heterocycles. The van der Waals surface area contributed by atoms with Crippen molar-refractivity contribution >= 4 is 5.69 Å². The van der Waals surface area contributed by atoms with Gasteiger partial charge < -0.3 is 34.5 Å². The number of anilines is 1. The molecule has 0 saturated carbocycles. The maximum atomic E-state index is 10.4. The van der Waals surface area contributed by atoms with Gasteiger partial charge in [0.1, 0.15) is 30.2 Å². The highest BCUT2D eigenvalue weighted by Crippen LogP contribution is 2.27. The summed E-state index contributed by atoms with van der Waals surface area (Å²) in [5.74, 6) is 0.542. The molecule has 1 aromatic rings. The van der Waals surface area contributed by atoms with E-state index in [0.717, 1.165) is 0 Å². The largest absolute Gasteiger partial charge is 0.462 e. The van der Waals surface area contributed by atoms with E-state index in [1.165, 1.54) is 14.2 Å². The molecule has 22 heavy (non-hydrogen) atoms.